The van der Waals surface area contributed by atoms with E-state index in [0.717, 1.165) is 12.8 Å². The smallest absolute Gasteiger partial charge is 0.0958 e. The molecule has 0 saturated heterocycles. The van der Waals surface area contributed by atoms with E-state index in [-0.39, 0.29) is 0 Å². The van der Waals surface area contributed by atoms with Crippen molar-refractivity contribution in [3.63, 3.8) is 0 Å². The minimum Gasteiger partial charge on any atom is -0.0958 e. The zero-order chi connectivity index (χ0) is 23.7. The second-order valence-corrected chi connectivity index (χ2v) is 10.5. The van der Waals surface area contributed by atoms with Crippen molar-refractivity contribution in [3.05, 3.63) is 101 Å². The molecule has 1 aromatic carbocycles. The molecule has 32 heavy (non-hydrogen) atoms. The first kappa shape index (κ1) is 26.0. The average molecular weight is 426 g/mol. The molecular weight excluding hydrogens is 383 g/mol. The molecule has 1 aliphatic carbocycles. The Kier molecular flexibility index (Phi) is 9.82. The number of rotatable bonds is 9. The first-order valence-corrected chi connectivity index (χ1v) is 12.3. The minimum absolute atomic E-state index is 0.297. The SMILES string of the molecule is C=C(/C=C(C)/C=C/C=C(C)/C=C/C1=C(C)CCCC1(C)C)CCc1ccc(B(C)C)cc1. The zero-order valence-electron chi connectivity index (χ0n) is 21.6. The van der Waals surface area contributed by atoms with Crippen LogP contribution in [0.2, 0.25) is 13.6 Å². The van der Waals surface area contributed by atoms with Gasteiger partial charge in [0.2, 0.25) is 0 Å². The molecule has 0 atom stereocenters. The Morgan fingerprint density at radius 3 is 2.38 bits per heavy atom. The molecule has 0 unspecified atom stereocenters. The van der Waals surface area contributed by atoms with Crippen LogP contribution in [0.15, 0.2) is 95.2 Å². The van der Waals surface area contributed by atoms with Crippen molar-refractivity contribution in [2.45, 2.75) is 80.4 Å². The molecule has 0 heterocycles. The molecule has 0 saturated carbocycles. The van der Waals surface area contributed by atoms with Crippen LogP contribution in [0.25, 0.3) is 0 Å². The summed E-state index contributed by atoms with van der Waals surface area (Å²) in [5.74, 6) is 0. The van der Waals surface area contributed by atoms with Gasteiger partial charge in [-0.15, -0.1) is 0 Å². The van der Waals surface area contributed by atoms with Gasteiger partial charge in [0.05, 0.1) is 0 Å². The maximum atomic E-state index is 4.26. The van der Waals surface area contributed by atoms with Crippen LogP contribution in [0.4, 0.5) is 0 Å². The molecule has 0 aromatic heterocycles. The highest BCUT2D eigenvalue weighted by molar-refractivity contribution is 6.70. The zero-order valence-corrected chi connectivity index (χ0v) is 21.6. The molecule has 170 valence electrons. The summed E-state index contributed by atoms with van der Waals surface area (Å²) in [7, 11) is 0. The summed E-state index contributed by atoms with van der Waals surface area (Å²) in [5.41, 5.74) is 9.85. The van der Waals surface area contributed by atoms with Gasteiger partial charge in [-0.2, -0.15) is 0 Å². The third kappa shape index (κ3) is 8.34. The van der Waals surface area contributed by atoms with E-state index in [4.69, 9.17) is 0 Å². The topological polar surface area (TPSA) is 0 Å². The molecule has 1 aliphatic rings. The summed E-state index contributed by atoms with van der Waals surface area (Å²) in [4.78, 5) is 0. The van der Waals surface area contributed by atoms with Gasteiger partial charge in [0.25, 0.3) is 0 Å². The number of hydrogen-bond acceptors (Lipinski definition) is 0. The van der Waals surface area contributed by atoms with Gasteiger partial charge in [0, 0.05) is 0 Å². The Morgan fingerprint density at radius 1 is 1.06 bits per heavy atom. The summed E-state index contributed by atoms with van der Waals surface area (Å²) in [6.45, 7) is 20.7. The Morgan fingerprint density at radius 2 is 1.75 bits per heavy atom. The quantitative estimate of drug-likeness (QED) is 0.274. The largest absolute Gasteiger partial charge is 0.169 e. The van der Waals surface area contributed by atoms with Crippen LogP contribution in [-0.4, -0.2) is 6.71 Å². The van der Waals surface area contributed by atoms with Gasteiger partial charge in [-0.25, -0.2) is 0 Å². The van der Waals surface area contributed by atoms with Crippen molar-refractivity contribution < 1.29 is 0 Å². The van der Waals surface area contributed by atoms with Gasteiger partial charge < -0.3 is 0 Å². The molecule has 0 fully saturated rings. The van der Waals surface area contributed by atoms with Gasteiger partial charge in [-0.1, -0.05) is 123 Å². The van der Waals surface area contributed by atoms with E-state index in [0.29, 0.717) is 12.1 Å². The molecule has 0 nitrogen and oxygen atoms in total. The highest BCUT2D eigenvalue weighted by Crippen LogP contribution is 2.40. The summed E-state index contributed by atoms with van der Waals surface area (Å²) in [6, 6.07) is 9.02. The molecule has 0 spiro atoms. The molecule has 0 N–H and O–H groups in total. The van der Waals surface area contributed by atoms with Crippen molar-refractivity contribution >= 4 is 12.2 Å². The lowest BCUT2D eigenvalue weighted by Crippen LogP contribution is -2.21. The highest BCUT2D eigenvalue weighted by Gasteiger charge is 2.26. The van der Waals surface area contributed by atoms with E-state index in [1.165, 1.54) is 52.6 Å². The summed E-state index contributed by atoms with van der Waals surface area (Å²) < 4.78 is 0. The van der Waals surface area contributed by atoms with Crippen LogP contribution >= 0.6 is 0 Å². The van der Waals surface area contributed by atoms with Crippen LogP contribution in [0.5, 0.6) is 0 Å². The van der Waals surface area contributed by atoms with Crippen molar-refractivity contribution in [1.82, 2.24) is 0 Å². The summed E-state index contributed by atoms with van der Waals surface area (Å²) in [6.07, 6.45) is 19.2. The normalized spacial score (nSPS) is 17.5. The van der Waals surface area contributed by atoms with Gasteiger partial charge in [-0.05, 0) is 69.4 Å². The molecule has 0 radical (unpaired) electrons. The van der Waals surface area contributed by atoms with E-state index in [1.54, 1.807) is 5.57 Å². The summed E-state index contributed by atoms with van der Waals surface area (Å²) >= 11 is 0. The Balaban J connectivity index is 1.88. The van der Waals surface area contributed by atoms with Crippen molar-refractivity contribution in [3.8, 4) is 0 Å². The monoisotopic (exact) mass is 426 g/mol. The average Bonchev–Trinajstić information content (AvgIpc) is 2.71. The number of benzene rings is 1. The third-order valence-corrected chi connectivity index (χ3v) is 6.59. The lowest BCUT2D eigenvalue weighted by Gasteiger charge is -2.32. The predicted octanol–water partition coefficient (Wildman–Crippen LogP) is 8.67. The second-order valence-electron chi connectivity index (χ2n) is 10.5. The molecule has 1 heteroatoms. The predicted molar refractivity (Wildman–Crippen MR) is 147 cm³/mol. The van der Waals surface area contributed by atoms with Crippen LogP contribution in [0.3, 0.4) is 0 Å². The van der Waals surface area contributed by atoms with Crippen molar-refractivity contribution in [2.75, 3.05) is 0 Å². The van der Waals surface area contributed by atoms with Crippen molar-refractivity contribution in [1.29, 1.82) is 0 Å². The molecular formula is C31H43B. The Bertz CT molecular complexity index is 927. The van der Waals surface area contributed by atoms with Crippen LogP contribution in [0.1, 0.15) is 65.9 Å². The lowest BCUT2D eigenvalue weighted by molar-refractivity contribution is 0.377. The van der Waals surface area contributed by atoms with E-state index in [2.05, 4.69) is 116 Å². The Hall–Kier alpha value is -2.28. The van der Waals surface area contributed by atoms with Gasteiger partial charge >= 0.3 is 0 Å². The number of aryl methyl sites for hydroxylation is 1. The second kappa shape index (κ2) is 12.1. The third-order valence-electron chi connectivity index (χ3n) is 6.59. The molecule has 1 aromatic rings. The van der Waals surface area contributed by atoms with Crippen LogP contribution < -0.4 is 5.46 Å². The molecule has 2 rings (SSSR count). The molecule has 0 aliphatic heterocycles. The van der Waals surface area contributed by atoms with Crippen LogP contribution in [0, 0.1) is 5.41 Å². The highest BCUT2D eigenvalue weighted by atomic mass is 14.3. The van der Waals surface area contributed by atoms with Crippen LogP contribution in [-0.2, 0) is 6.42 Å². The van der Waals surface area contributed by atoms with Gasteiger partial charge in [0.15, 0.2) is 6.71 Å². The Labute approximate surface area is 198 Å². The van der Waals surface area contributed by atoms with E-state index >= 15 is 0 Å². The first-order chi connectivity index (χ1) is 15.1. The van der Waals surface area contributed by atoms with Crippen molar-refractivity contribution in [2.24, 2.45) is 5.41 Å². The van der Waals surface area contributed by atoms with Gasteiger partial charge in [0.1, 0.15) is 0 Å². The summed E-state index contributed by atoms with van der Waals surface area (Å²) in [5, 5.41) is 0. The van der Waals surface area contributed by atoms with E-state index in [9.17, 15) is 0 Å². The van der Waals surface area contributed by atoms with Gasteiger partial charge in [-0.3, -0.25) is 0 Å². The number of allylic oxidation sites excluding steroid dienone is 11. The standard InChI is InChI=1S/C31H43B/c1-24(15-21-30-27(4)13-10-22-31(30,5)6)11-9-12-25(2)23-26(3)14-16-28-17-19-29(20-18-28)32(7)8/h9,11-12,15,17-21,23H,3,10,13-14,16,22H2,1-2,4-8H3/b12-9+,21-15+,24-11+,25-23+. The fourth-order valence-corrected chi connectivity index (χ4v) is 4.45. The first-order valence-electron chi connectivity index (χ1n) is 12.3. The molecule has 0 amide bonds. The number of hydrogen-bond donors (Lipinski definition) is 0. The fourth-order valence-electron chi connectivity index (χ4n) is 4.45. The lowest BCUT2D eigenvalue weighted by atomic mass is 9.49. The van der Waals surface area contributed by atoms with E-state index in [1.807, 2.05) is 0 Å². The maximum absolute atomic E-state index is 4.26. The minimum atomic E-state index is 0.297. The molecule has 0 bridgehead atoms. The fraction of sp³-hybridized carbons (Fsp3) is 0.419. The maximum Gasteiger partial charge on any atom is 0.169 e. The van der Waals surface area contributed by atoms with E-state index < -0.39 is 0 Å².